The predicted octanol–water partition coefficient (Wildman–Crippen LogP) is 2.08. The monoisotopic (exact) mass is 156 g/mol. The molecule has 2 nitrogen and oxygen atoms in total. The number of hydrogen-bond donors (Lipinski definition) is 0. The van der Waals surface area contributed by atoms with Gasteiger partial charge in [0.15, 0.2) is 5.79 Å². The molecule has 2 atom stereocenters. The number of rotatable bonds is 0. The van der Waals surface area contributed by atoms with Gasteiger partial charge in [0.25, 0.3) is 0 Å². The Labute approximate surface area is 67.9 Å². The summed E-state index contributed by atoms with van der Waals surface area (Å²) in [6.45, 7) is 4.01. The first-order chi connectivity index (χ1) is 5.17. The molecule has 0 radical (unpaired) electrons. The lowest BCUT2D eigenvalue weighted by molar-refractivity contribution is -0.145. The Morgan fingerprint density at radius 3 is 1.91 bits per heavy atom. The highest BCUT2D eigenvalue weighted by molar-refractivity contribution is 4.84. The van der Waals surface area contributed by atoms with Crippen molar-refractivity contribution in [3.8, 4) is 0 Å². The molecule has 0 amide bonds. The second-order valence-electron chi connectivity index (χ2n) is 4.00. The average molecular weight is 156 g/mol. The van der Waals surface area contributed by atoms with Crippen LogP contribution in [0.4, 0.5) is 0 Å². The molecule has 1 aliphatic carbocycles. The van der Waals surface area contributed by atoms with Gasteiger partial charge in [0.2, 0.25) is 0 Å². The molecule has 0 aromatic carbocycles. The normalized spacial score (nSPS) is 42.0. The zero-order valence-electron chi connectivity index (χ0n) is 7.30. The van der Waals surface area contributed by atoms with Crippen molar-refractivity contribution in [2.45, 2.75) is 57.5 Å². The van der Waals surface area contributed by atoms with Gasteiger partial charge >= 0.3 is 0 Å². The summed E-state index contributed by atoms with van der Waals surface area (Å²) in [5, 5.41) is 0. The highest BCUT2D eigenvalue weighted by Crippen LogP contribution is 2.36. The molecule has 1 heterocycles. The summed E-state index contributed by atoms with van der Waals surface area (Å²) in [4.78, 5) is 0. The molecule has 2 aliphatic rings. The molecule has 1 saturated heterocycles. The van der Waals surface area contributed by atoms with E-state index in [0.717, 1.165) is 0 Å². The lowest BCUT2D eigenvalue weighted by Gasteiger charge is -2.21. The number of ether oxygens (including phenoxy) is 2. The molecule has 0 aromatic heterocycles. The molecule has 2 fully saturated rings. The Hall–Kier alpha value is -0.0800. The maximum absolute atomic E-state index is 5.73. The third-order valence-electron chi connectivity index (χ3n) is 2.51. The third-order valence-corrected chi connectivity index (χ3v) is 2.51. The second kappa shape index (κ2) is 2.46. The van der Waals surface area contributed by atoms with Crippen molar-refractivity contribution in [1.29, 1.82) is 0 Å². The van der Waals surface area contributed by atoms with Gasteiger partial charge in [0, 0.05) is 0 Å². The zero-order valence-corrected chi connectivity index (χ0v) is 7.30. The van der Waals surface area contributed by atoms with Crippen molar-refractivity contribution in [3.05, 3.63) is 0 Å². The van der Waals surface area contributed by atoms with Crippen molar-refractivity contribution in [3.63, 3.8) is 0 Å². The highest BCUT2D eigenvalue weighted by atomic mass is 16.7. The van der Waals surface area contributed by atoms with Gasteiger partial charge in [-0.25, -0.2) is 0 Å². The van der Waals surface area contributed by atoms with Crippen molar-refractivity contribution < 1.29 is 9.47 Å². The Morgan fingerprint density at radius 1 is 1.00 bits per heavy atom. The van der Waals surface area contributed by atoms with Crippen LogP contribution in [0.2, 0.25) is 0 Å². The molecule has 0 spiro atoms. The maximum Gasteiger partial charge on any atom is 0.163 e. The van der Waals surface area contributed by atoms with E-state index in [2.05, 4.69) is 0 Å². The summed E-state index contributed by atoms with van der Waals surface area (Å²) in [6.07, 6.45) is 5.76. The molecule has 1 aliphatic heterocycles. The fourth-order valence-corrected chi connectivity index (χ4v) is 2.09. The van der Waals surface area contributed by atoms with Crippen LogP contribution in [0.25, 0.3) is 0 Å². The van der Waals surface area contributed by atoms with E-state index in [4.69, 9.17) is 9.47 Å². The van der Waals surface area contributed by atoms with E-state index in [9.17, 15) is 0 Å². The van der Waals surface area contributed by atoms with Crippen LogP contribution in [0, 0.1) is 0 Å². The molecule has 64 valence electrons. The first-order valence-corrected chi connectivity index (χ1v) is 4.53. The van der Waals surface area contributed by atoms with E-state index in [0.29, 0.717) is 12.2 Å². The van der Waals surface area contributed by atoms with Gasteiger partial charge in [-0.2, -0.15) is 0 Å². The van der Waals surface area contributed by atoms with Crippen LogP contribution in [0.5, 0.6) is 0 Å². The van der Waals surface area contributed by atoms with E-state index >= 15 is 0 Å². The molecule has 1 saturated carbocycles. The minimum atomic E-state index is -0.320. The third kappa shape index (κ3) is 1.42. The summed E-state index contributed by atoms with van der Waals surface area (Å²) in [5.74, 6) is -0.320. The number of fused-ring (bicyclic) bond motifs is 1. The molecule has 0 bridgehead atoms. The molecule has 0 N–H and O–H groups in total. The largest absolute Gasteiger partial charge is 0.345 e. The quantitative estimate of drug-likeness (QED) is 0.534. The van der Waals surface area contributed by atoms with Gasteiger partial charge in [0.1, 0.15) is 0 Å². The fourth-order valence-electron chi connectivity index (χ4n) is 2.09. The van der Waals surface area contributed by atoms with Crippen LogP contribution in [0.3, 0.4) is 0 Å². The van der Waals surface area contributed by atoms with Crippen LogP contribution >= 0.6 is 0 Å². The summed E-state index contributed by atoms with van der Waals surface area (Å²) >= 11 is 0. The fraction of sp³-hybridized carbons (Fsp3) is 1.00. The highest BCUT2D eigenvalue weighted by Gasteiger charge is 2.41. The second-order valence-corrected chi connectivity index (χ2v) is 4.00. The van der Waals surface area contributed by atoms with Crippen molar-refractivity contribution in [1.82, 2.24) is 0 Å². The van der Waals surface area contributed by atoms with E-state index in [1.165, 1.54) is 25.7 Å². The Morgan fingerprint density at radius 2 is 1.45 bits per heavy atom. The average Bonchev–Trinajstić information content (AvgIpc) is 2.21. The van der Waals surface area contributed by atoms with Gasteiger partial charge in [-0.05, 0) is 26.7 Å². The van der Waals surface area contributed by atoms with Crippen LogP contribution in [-0.4, -0.2) is 18.0 Å². The summed E-state index contributed by atoms with van der Waals surface area (Å²) in [5.41, 5.74) is 0. The summed E-state index contributed by atoms with van der Waals surface area (Å²) < 4.78 is 11.5. The topological polar surface area (TPSA) is 18.5 Å². The van der Waals surface area contributed by atoms with Crippen molar-refractivity contribution in [2.75, 3.05) is 0 Å². The van der Waals surface area contributed by atoms with Gasteiger partial charge < -0.3 is 9.47 Å². The van der Waals surface area contributed by atoms with Crippen LogP contribution in [0.15, 0.2) is 0 Å². The molecular weight excluding hydrogens is 140 g/mol. The molecule has 2 rings (SSSR count). The molecule has 11 heavy (non-hydrogen) atoms. The molecule has 2 heteroatoms. The van der Waals surface area contributed by atoms with E-state index in [-0.39, 0.29) is 5.79 Å². The lowest BCUT2D eigenvalue weighted by Crippen LogP contribution is -2.25. The van der Waals surface area contributed by atoms with Crippen LogP contribution < -0.4 is 0 Å². The van der Waals surface area contributed by atoms with Gasteiger partial charge in [0.05, 0.1) is 12.2 Å². The van der Waals surface area contributed by atoms with E-state index in [1.807, 2.05) is 13.8 Å². The molecule has 0 aromatic rings. The Balaban J connectivity index is 2.03. The van der Waals surface area contributed by atoms with Gasteiger partial charge in [-0.15, -0.1) is 0 Å². The first kappa shape index (κ1) is 7.56. The minimum Gasteiger partial charge on any atom is -0.345 e. The predicted molar refractivity (Wildman–Crippen MR) is 42.3 cm³/mol. The smallest absolute Gasteiger partial charge is 0.163 e. The van der Waals surface area contributed by atoms with Gasteiger partial charge in [-0.1, -0.05) is 12.8 Å². The van der Waals surface area contributed by atoms with E-state index < -0.39 is 0 Å². The van der Waals surface area contributed by atoms with Crippen molar-refractivity contribution in [2.24, 2.45) is 0 Å². The van der Waals surface area contributed by atoms with Crippen LogP contribution in [0.1, 0.15) is 39.5 Å². The molecular formula is C9H16O2. The Kier molecular flexibility index (Phi) is 1.69. The molecule has 0 unspecified atom stereocenters. The van der Waals surface area contributed by atoms with Crippen molar-refractivity contribution >= 4 is 0 Å². The zero-order chi connectivity index (χ0) is 7.90. The standard InChI is InChI=1S/C9H16O2/c1-9(2)10-7-5-3-4-6-8(7)11-9/h7-8H,3-6H2,1-2H3/t7-,8-/m1/s1. The van der Waals surface area contributed by atoms with Crippen LogP contribution in [-0.2, 0) is 9.47 Å². The lowest BCUT2D eigenvalue weighted by atomic mass is 9.95. The first-order valence-electron chi connectivity index (χ1n) is 4.53. The van der Waals surface area contributed by atoms with E-state index in [1.54, 1.807) is 0 Å². The number of hydrogen-bond acceptors (Lipinski definition) is 2. The SMILES string of the molecule is CC1(C)O[C@@H]2CCCC[C@H]2O1. The minimum absolute atomic E-state index is 0.320. The van der Waals surface area contributed by atoms with Gasteiger partial charge in [-0.3, -0.25) is 0 Å². The Bertz CT molecular complexity index is 138. The maximum atomic E-state index is 5.73. The summed E-state index contributed by atoms with van der Waals surface area (Å²) in [7, 11) is 0. The summed E-state index contributed by atoms with van der Waals surface area (Å²) in [6, 6.07) is 0.